The molecule has 4 heteroatoms. The number of rotatable bonds is 7. The van der Waals surface area contributed by atoms with Gasteiger partial charge in [0.1, 0.15) is 18.1 Å². The average molecular weight is 291 g/mol. The Balaban J connectivity index is 1.84. The smallest absolute Gasteiger partial charge is 0.122 e. The molecule has 1 N–H and O–H groups in total. The Bertz CT molecular complexity index is 520. The molecule has 2 aromatic rings. The lowest BCUT2D eigenvalue weighted by Crippen LogP contribution is -2.21. The summed E-state index contributed by atoms with van der Waals surface area (Å²) in [5.41, 5.74) is 0. The van der Waals surface area contributed by atoms with Crippen molar-refractivity contribution < 1.29 is 9.47 Å². The van der Waals surface area contributed by atoms with E-state index in [4.69, 9.17) is 9.47 Å². The lowest BCUT2D eigenvalue weighted by atomic mass is 10.3. The molecule has 0 atom stereocenters. The summed E-state index contributed by atoms with van der Waals surface area (Å²) in [5.74, 6) is 1.71. The summed E-state index contributed by atoms with van der Waals surface area (Å²) in [4.78, 5) is 2.58. The number of ether oxygens (including phenoxy) is 2. The van der Waals surface area contributed by atoms with Gasteiger partial charge in [0.15, 0.2) is 0 Å². The summed E-state index contributed by atoms with van der Waals surface area (Å²) in [6.07, 6.45) is 0. The molecule has 2 rings (SSSR count). The molecule has 0 fully saturated rings. The van der Waals surface area contributed by atoms with Crippen molar-refractivity contribution in [1.29, 1.82) is 0 Å². The van der Waals surface area contributed by atoms with Crippen LogP contribution in [0.5, 0.6) is 11.5 Å². The molecule has 0 saturated heterocycles. The standard InChI is InChI=1S/C16H21NO2S/c1-12(2)17-10-15-8-9-16(20-15)11-19-14-6-4-13(18-3)5-7-14/h4-9,12,17H,10-11H2,1-3H3. The Morgan fingerprint density at radius 2 is 1.65 bits per heavy atom. The monoisotopic (exact) mass is 291 g/mol. The summed E-state index contributed by atoms with van der Waals surface area (Å²) in [6.45, 7) is 5.84. The second-order valence-corrected chi connectivity index (χ2v) is 6.12. The van der Waals surface area contributed by atoms with Crippen LogP contribution in [0.3, 0.4) is 0 Å². The van der Waals surface area contributed by atoms with E-state index < -0.39 is 0 Å². The summed E-state index contributed by atoms with van der Waals surface area (Å²) in [7, 11) is 1.66. The van der Waals surface area contributed by atoms with Crippen LogP contribution in [0.1, 0.15) is 23.6 Å². The van der Waals surface area contributed by atoms with Gasteiger partial charge in [-0.3, -0.25) is 0 Å². The number of methoxy groups -OCH3 is 1. The number of hydrogen-bond acceptors (Lipinski definition) is 4. The van der Waals surface area contributed by atoms with Gasteiger partial charge >= 0.3 is 0 Å². The number of benzene rings is 1. The first-order chi connectivity index (χ1) is 9.67. The van der Waals surface area contributed by atoms with E-state index in [0.29, 0.717) is 12.6 Å². The number of hydrogen-bond donors (Lipinski definition) is 1. The molecule has 0 saturated carbocycles. The zero-order valence-corrected chi connectivity index (χ0v) is 13.0. The van der Waals surface area contributed by atoms with Gasteiger partial charge in [-0.2, -0.15) is 0 Å². The van der Waals surface area contributed by atoms with Crippen molar-refractivity contribution in [2.45, 2.75) is 33.0 Å². The van der Waals surface area contributed by atoms with E-state index in [1.165, 1.54) is 9.75 Å². The van der Waals surface area contributed by atoms with Gasteiger partial charge in [0, 0.05) is 22.3 Å². The zero-order valence-electron chi connectivity index (χ0n) is 12.2. The summed E-state index contributed by atoms with van der Waals surface area (Å²) in [5, 5.41) is 3.42. The Labute approximate surface area is 124 Å². The first-order valence-electron chi connectivity index (χ1n) is 6.75. The Hall–Kier alpha value is -1.52. The van der Waals surface area contributed by atoms with Crippen molar-refractivity contribution in [3.63, 3.8) is 0 Å². The Morgan fingerprint density at radius 1 is 1.00 bits per heavy atom. The molecule has 20 heavy (non-hydrogen) atoms. The van der Waals surface area contributed by atoms with Gasteiger partial charge < -0.3 is 14.8 Å². The first kappa shape index (κ1) is 14.9. The van der Waals surface area contributed by atoms with Crippen molar-refractivity contribution in [1.82, 2.24) is 5.32 Å². The molecule has 0 bridgehead atoms. The van der Waals surface area contributed by atoms with Gasteiger partial charge in [-0.25, -0.2) is 0 Å². The van der Waals surface area contributed by atoms with Crippen LogP contribution in [0, 0.1) is 0 Å². The predicted octanol–water partition coefficient (Wildman–Crippen LogP) is 3.83. The Kier molecular flexibility index (Phi) is 5.44. The lowest BCUT2D eigenvalue weighted by molar-refractivity contribution is 0.309. The summed E-state index contributed by atoms with van der Waals surface area (Å²) in [6, 6.07) is 12.5. The van der Waals surface area contributed by atoms with Crippen LogP contribution in [0.2, 0.25) is 0 Å². The van der Waals surface area contributed by atoms with Crippen molar-refractivity contribution in [3.8, 4) is 11.5 Å². The second-order valence-electron chi connectivity index (χ2n) is 4.87. The molecule has 3 nitrogen and oxygen atoms in total. The topological polar surface area (TPSA) is 30.5 Å². The predicted molar refractivity (Wildman–Crippen MR) is 83.6 cm³/mol. The van der Waals surface area contributed by atoms with Crippen LogP contribution >= 0.6 is 11.3 Å². The van der Waals surface area contributed by atoms with Gasteiger partial charge in [0.05, 0.1) is 7.11 Å². The fraction of sp³-hybridized carbons (Fsp3) is 0.375. The molecule has 0 aliphatic carbocycles. The molecule has 1 aromatic carbocycles. The fourth-order valence-electron chi connectivity index (χ4n) is 1.73. The molecule has 108 valence electrons. The van der Waals surface area contributed by atoms with E-state index >= 15 is 0 Å². The van der Waals surface area contributed by atoms with E-state index in [1.807, 2.05) is 24.3 Å². The van der Waals surface area contributed by atoms with Gasteiger partial charge in [0.2, 0.25) is 0 Å². The highest BCUT2D eigenvalue weighted by Gasteiger charge is 2.02. The van der Waals surface area contributed by atoms with E-state index in [-0.39, 0.29) is 0 Å². The van der Waals surface area contributed by atoms with E-state index in [1.54, 1.807) is 18.4 Å². The van der Waals surface area contributed by atoms with Gasteiger partial charge in [-0.1, -0.05) is 13.8 Å². The van der Waals surface area contributed by atoms with Crippen molar-refractivity contribution >= 4 is 11.3 Å². The average Bonchev–Trinajstić information content (AvgIpc) is 2.91. The quantitative estimate of drug-likeness (QED) is 0.841. The molecule has 0 amide bonds. The maximum absolute atomic E-state index is 5.76. The molecule has 0 radical (unpaired) electrons. The van der Waals surface area contributed by atoms with Crippen molar-refractivity contribution in [2.24, 2.45) is 0 Å². The highest BCUT2D eigenvalue weighted by molar-refractivity contribution is 7.11. The normalized spacial score (nSPS) is 10.8. The maximum Gasteiger partial charge on any atom is 0.122 e. The second kappa shape index (κ2) is 7.31. The van der Waals surface area contributed by atoms with Gasteiger partial charge in [-0.15, -0.1) is 11.3 Å². The zero-order chi connectivity index (χ0) is 14.4. The molecule has 0 spiro atoms. The minimum Gasteiger partial charge on any atom is -0.497 e. The molecule has 0 aliphatic heterocycles. The minimum absolute atomic E-state index is 0.510. The van der Waals surface area contributed by atoms with Crippen molar-refractivity contribution in [3.05, 3.63) is 46.2 Å². The highest BCUT2D eigenvalue weighted by Crippen LogP contribution is 2.21. The summed E-state index contributed by atoms with van der Waals surface area (Å²) < 4.78 is 10.9. The molecule has 1 heterocycles. The third-order valence-corrected chi connectivity index (χ3v) is 3.90. The molecule has 0 unspecified atom stereocenters. The van der Waals surface area contributed by atoms with E-state index in [0.717, 1.165) is 18.0 Å². The fourth-order valence-corrected chi connectivity index (χ4v) is 2.61. The maximum atomic E-state index is 5.76. The van der Waals surface area contributed by atoms with Gasteiger partial charge in [0.25, 0.3) is 0 Å². The van der Waals surface area contributed by atoms with Crippen LogP contribution in [-0.4, -0.2) is 13.2 Å². The van der Waals surface area contributed by atoms with Crippen LogP contribution in [0.25, 0.3) is 0 Å². The largest absolute Gasteiger partial charge is 0.497 e. The van der Waals surface area contributed by atoms with Crippen LogP contribution < -0.4 is 14.8 Å². The van der Waals surface area contributed by atoms with Crippen LogP contribution in [-0.2, 0) is 13.2 Å². The molecular formula is C16H21NO2S. The summed E-state index contributed by atoms with van der Waals surface area (Å²) >= 11 is 1.79. The SMILES string of the molecule is COc1ccc(OCc2ccc(CNC(C)C)s2)cc1. The molecule has 1 aromatic heterocycles. The van der Waals surface area contributed by atoms with Gasteiger partial charge in [-0.05, 0) is 36.4 Å². The minimum atomic E-state index is 0.510. The van der Waals surface area contributed by atoms with Crippen LogP contribution in [0.15, 0.2) is 36.4 Å². The number of nitrogens with one attached hydrogen (secondary N) is 1. The first-order valence-corrected chi connectivity index (χ1v) is 7.57. The van der Waals surface area contributed by atoms with E-state index in [2.05, 4.69) is 31.3 Å². The van der Waals surface area contributed by atoms with Crippen LogP contribution in [0.4, 0.5) is 0 Å². The molecular weight excluding hydrogens is 270 g/mol. The Morgan fingerprint density at radius 3 is 2.30 bits per heavy atom. The third-order valence-electron chi connectivity index (χ3n) is 2.84. The van der Waals surface area contributed by atoms with Crippen molar-refractivity contribution in [2.75, 3.05) is 7.11 Å². The van der Waals surface area contributed by atoms with E-state index in [9.17, 15) is 0 Å². The lowest BCUT2D eigenvalue weighted by Gasteiger charge is -2.06. The third kappa shape index (κ3) is 4.54. The molecule has 0 aliphatic rings. The highest BCUT2D eigenvalue weighted by atomic mass is 32.1. The number of thiophene rings is 1.